The van der Waals surface area contributed by atoms with E-state index in [0.29, 0.717) is 17.3 Å². The van der Waals surface area contributed by atoms with Crippen molar-refractivity contribution in [2.45, 2.75) is 13.8 Å². The largest absolute Gasteiger partial charge is 0.482 e. The Balaban J connectivity index is 2.70. The lowest BCUT2D eigenvalue weighted by molar-refractivity contribution is -0.122. The smallest absolute Gasteiger partial charge is 0.257 e. The number of carbonyl (C=O) groups is 1. The molecule has 1 aromatic carbocycles. The van der Waals surface area contributed by atoms with E-state index in [1.54, 1.807) is 6.07 Å². The van der Waals surface area contributed by atoms with E-state index in [2.05, 4.69) is 21.2 Å². The van der Waals surface area contributed by atoms with Gasteiger partial charge in [0.15, 0.2) is 6.61 Å². The Morgan fingerprint density at radius 3 is 2.81 bits per heavy atom. The molecule has 0 saturated heterocycles. The zero-order chi connectivity index (χ0) is 12.1. The number of nitrogens with one attached hydrogen (secondary N) is 1. The number of hydrogen-bond acceptors (Lipinski definition) is 2. The minimum atomic E-state index is -0.152. The predicted octanol–water partition coefficient (Wildman–Crippen LogP) is 2.93. The molecule has 16 heavy (non-hydrogen) atoms. The van der Waals surface area contributed by atoms with Gasteiger partial charge in [0.05, 0.1) is 5.02 Å². The lowest BCUT2D eigenvalue weighted by atomic mass is 10.2. The third kappa shape index (κ3) is 3.68. The van der Waals surface area contributed by atoms with Gasteiger partial charge in [0, 0.05) is 11.0 Å². The number of carbonyl (C=O) groups excluding carboxylic acids is 1. The van der Waals surface area contributed by atoms with Crippen LogP contribution in [0.1, 0.15) is 12.5 Å². The predicted molar refractivity (Wildman–Crippen MR) is 68.1 cm³/mol. The van der Waals surface area contributed by atoms with Crippen molar-refractivity contribution in [2.75, 3.05) is 13.2 Å². The van der Waals surface area contributed by atoms with E-state index in [0.717, 1.165) is 10.0 Å². The summed E-state index contributed by atoms with van der Waals surface area (Å²) in [5, 5.41) is 3.15. The van der Waals surface area contributed by atoms with Crippen molar-refractivity contribution in [3.8, 4) is 5.75 Å². The second-order valence-electron chi connectivity index (χ2n) is 3.28. The van der Waals surface area contributed by atoms with E-state index < -0.39 is 0 Å². The Hall–Kier alpha value is -0.740. The molecule has 0 fully saturated rings. The molecule has 0 bridgehead atoms. The van der Waals surface area contributed by atoms with Crippen LogP contribution in [-0.2, 0) is 4.79 Å². The highest BCUT2D eigenvalue weighted by Gasteiger charge is 2.09. The van der Waals surface area contributed by atoms with Crippen molar-refractivity contribution in [2.24, 2.45) is 0 Å². The van der Waals surface area contributed by atoms with Gasteiger partial charge in [0.1, 0.15) is 5.75 Å². The molecule has 0 aliphatic carbocycles. The van der Waals surface area contributed by atoms with Crippen LogP contribution in [0.5, 0.6) is 5.75 Å². The maximum absolute atomic E-state index is 11.2. The number of rotatable bonds is 4. The maximum Gasteiger partial charge on any atom is 0.257 e. The van der Waals surface area contributed by atoms with Crippen molar-refractivity contribution >= 4 is 33.4 Å². The van der Waals surface area contributed by atoms with Gasteiger partial charge in [0.2, 0.25) is 0 Å². The Labute approximate surface area is 108 Å². The summed E-state index contributed by atoms with van der Waals surface area (Å²) < 4.78 is 6.26. The zero-order valence-electron chi connectivity index (χ0n) is 9.14. The van der Waals surface area contributed by atoms with E-state index in [1.165, 1.54) is 0 Å². The van der Waals surface area contributed by atoms with Crippen LogP contribution in [0.15, 0.2) is 16.6 Å². The summed E-state index contributed by atoms with van der Waals surface area (Å²) in [4.78, 5) is 11.2. The van der Waals surface area contributed by atoms with E-state index in [1.807, 2.05) is 19.9 Å². The summed E-state index contributed by atoms with van der Waals surface area (Å²) in [5.74, 6) is 0.400. The topological polar surface area (TPSA) is 38.3 Å². The lowest BCUT2D eigenvalue weighted by Crippen LogP contribution is -2.28. The lowest BCUT2D eigenvalue weighted by Gasteiger charge is -2.11. The van der Waals surface area contributed by atoms with Crippen molar-refractivity contribution in [1.82, 2.24) is 5.32 Å². The summed E-state index contributed by atoms with van der Waals surface area (Å²) >= 11 is 9.34. The maximum atomic E-state index is 11.2. The van der Waals surface area contributed by atoms with Crippen LogP contribution >= 0.6 is 27.5 Å². The Morgan fingerprint density at radius 2 is 2.25 bits per heavy atom. The fourth-order valence-electron chi connectivity index (χ4n) is 1.26. The van der Waals surface area contributed by atoms with Crippen LogP contribution in [0.2, 0.25) is 5.02 Å². The van der Waals surface area contributed by atoms with Gasteiger partial charge in [-0.05, 0) is 31.5 Å². The second-order valence-corrected chi connectivity index (χ2v) is 4.60. The van der Waals surface area contributed by atoms with Crippen LogP contribution in [0, 0.1) is 6.92 Å². The van der Waals surface area contributed by atoms with Crippen molar-refractivity contribution in [3.05, 3.63) is 27.2 Å². The van der Waals surface area contributed by atoms with Crippen molar-refractivity contribution in [1.29, 1.82) is 0 Å². The molecule has 0 radical (unpaired) electrons. The van der Waals surface area contributed by atoms with Gasteiger partial charge in [-0.15, -0.1) is 0 Å². The first-order valence-electron chi connectivity index (χ1n) is 4.89. The van der Waals surface area contributed by atoms with Gasteiger partial charge in [-0.1, -0.05) is 27.5 Å². The highest BCUT2D eigenvalue weighted by atomic mass is 79.9. The molecule has 5 heteroatoms. The number of likely N-dealkylation sites (N-methyl/N-ethyl adjacent to an activating group) is 1. The molecule has 0 aliphatic rings. The summed E-state index contributed by atoms with van der Waals surface area (Å²) in [5.41, 5.74) is 0.892. The number of halogens is 2. The molecule has 1 rings (SSSR count). The third-order valence-corrected chi connectivity index (χ3v) is 2.65. The van der Waals surface area contributed by atoms with Crippen LogP contribution in [0.25, 0.3) is 0 Å². The number of amides is 1. The van der Waals surface area contributed by atoms with Crippen LogP contribution < -0.4 is 10.1 Å². The highest BCUT2D eigenvalue weighted by molar-refractivity contribution is 9.10. The van der Waals surface area contributed by atoms with Crippen LogP contribution in [-0.4, -0.2) is 19.1 Å². The number of ether oxygens (including phenoxy) is 1. The average molecular weight is 307 g/mol. The molecule has 0 aliphatic heterocycles. The summed E-state index contributed by atoms with van der Waals surface area (Å²) in [6.07, 6.45) is 0. The normalized spacial score (nSPS) is 10.0. The molecule has 88 valence electrons. The Kier molecular flexibility index (Phi) is 5.09. The molecule has 0 saturated carbocycles. The molecule has 3 nitrogen and oxygen atoms in total. The molecule has 1 aromatic rings. The summed E-state index contributed by atoms with van der Waals surface area (Å²) in [6, 6.07) is 3.63. The van der Waals surface area contributed by atoms with Gasteiger partial charge in [-0.25, -0.2) is 0 Å². The standard InChI is InChI=1S/C11H13BrClNO2/c1-3-14-10(15)6-16-11-7(2)4-8(12)5-9(11)13/h4-5H,3,6H2,1-2H3,(H,14,15). The molecule has 0 aromatic heterocycles. The Bertz CT molecular complexity index is 373. The molecular weight excluding hydrogens is 293 g/mol. The molecule has 0 unspecified atom stereocenters. The highest BCUT2D eigenvalue weighted by Crippen LogP contribution is 2.31. The Morgan fingerprint density at radius 1 is 1.56 bits per heavy atom. The zero-order valence-corrected chi connectivity index (χ0v) is 11.5. The number of benzene rings is 1. The molecule has 1 amide bonds. The fraction of sp³-hybridized carbons (Fsp3) is 0.364. The molecule has 0 heterocycles. The fourth-order valence-corrected chi connectivity index (χ4v) is 2.28. The first-order valence-corrected chi connectivity index (χ1v) is 6.06. The molecule has 0 atom stereocenters. The van der Waals surface area contributed by atoms with Crippen molar-refractivity contribution < 1.29 is 9.53 Å². The van der Waals surface area contributed by atoms with Gasteiger partial charge < -0.3 is 10.1 Å². The first-order chi connectivity index (χ1) is 7.54. The van der Waals surface area contributed by atoms with Crippen LogP contribution in [0.3, 0.4) is 0 Å². The molecular formula is C11H13BrClNO2. The van der Waals surface area contributed by atoms with Gasteiger partial charge in [0.25, 0.3) is 5.91 Å². The quantitative estimate of drug-likeness (QED) is 0.929. The molecule has 0 spiro atoms. The molecule has 1 N–H and O–H groups in total. The van der Waals surface area contributed by atoms with Gasteiger partial charge >= 0.3 is 0 Å². The monoisotopic (exact) mass is 305 g/mol. The second kappa shape index (κ2) is 6.11. The average Bonchev–Trinajstić information content (AvgIpc) is 2.16. The van der Waals surface area contributed by atoms with E-state index in [-0.39, 0.29) is 12.5 Å². The van der Waals surface area contributed by atoms with Crippen molar-refractivity contribution in [3.63, 3.8) is 0 Å². The number of hydrogen-bond donors (Lipinski definition) is 1. The third-order valence-electron chi connectivity index (χ3n) is 1.92. The summed E-state index contributed by atoms with van der Waals surface area (Å²) in [6.45, 7) is 4.31. The van der Waals surface area contributed by atoms with Gasteiger partial charge in [-0.2, -0.15) is 0 Å². The summed E-state index contributed by atoms with van der Waals surface area (Å²) in [7, 11) is 0. The minimum Gasteiger partial charge on any atom is -0.482 e. The van der Waals surface area contributed by atoms with E-state index >= 15 is 0 Å². The SMILES string of the molecule is CCNC(=O)COc1c(C)cc(Br)cc1Cl. The van der Waals surface area contributed by atoms with E-state index in [9.17, 15) is 4.79 Å². The van der Waals surface area contributed by atoms with Gasteiger partial charge in [-0.3, -0.25) is 4.79 Å². The van der Waals surface area contributed by atoms with Crippen LogP contribution in [0.4, 0.5) is 0 Å². The van der Waals surface area contributed by atoms with E-state index in [4.69, 9.17) is 16.3 Å². The number of aryl methyl sites for hydroxylation is 1. The first kappa shape index (κ1) is 13.3. The minimum absolute atomic E-state index is 0.0178.